The first-order valence-corrected chi connectivity index (χ1v) is 18.0. The summed E-state index contributed by atoms with van der Waals surface area (Å²) in [6.07, 6.45) is 0.467. The van der Waals surface area contributed by atoms with Crippen molar-refractivity contribution in [3.8, 4) is 11.3 Å². The summed E-state index contributed by atoms with van der Waals surface area (Å²) in [7, 11) is -0.188. The van der Waals surface area contributed by atoms with E-state index in [-0.39, 0.29) is 48.3 Å². The summed E-state index contributed by atoms with van der Waals surface area (Å²) in [5.41, 5.74) is 1.57. The first kappa shape index (κ1) is 36.0. The first-order valence-electron chi connectivity index (χ1n) is 16.5. The number of nitrogens with one attached hydrogen (secondary N) is 1. The van der Waals surface area contributed by atoms with Crippen molar-refractivity contribution >= 4 is 16.1 Å². The SMILES string of the molecule is CC(C)CN(C[C@@H](O)[C@H](Cc1ccccc1)NC(=O)OC1C2COOCC1C(C)C2)S(=O)(=O)c1ccc(-c2cnc(CN(C)C)o2)cc1. The molecule has 4 unspecified atom stereocenters. The van der Waals surface area contributed by atoms with Gasteiger partial charge in [-0.15, -0.1) is 0 Å². The van der Waals surface area contributed by atoms with E-state index in [1.165, 1.54) is 16.4 Å². The molecule has 2 N–H and O–H groups in total. The Labute approximate surface area is 283 Å². The number of oxazole rings is 1. The summed E-state index contributed by atoms with van der Waals surface area (Å²) in [6.45, 7) is 7.11. The molecule has 2 bridgehead atoms. The summed E-state index contributed by atoms with van der Waals surface area (Å²) < 4.78 is 41.1. The van der Waals surface area contributed by atoms with E-state index >= 15 is 0 Å². The van der Waals surface area contributed by atoms with E-state index in [0.29, 0.717) is 42.9 Å². The Morgan fingerprint density at radius 2 is 1.77 bits per heavy atom. The summed E-state index contributed by atoms with van der Waals surface area (Å²) >= 11 is 0. The second-order valence-corrected chi connectivity index (χ2v) is 15.6. The number of fused-ring (bicyclic) bond motifs is 2. The molecule has 48 heavy (non-hydrogen) atoms. The molecule has 1 aliphatic carbocycles. The van der Waals surface area contributed by atoms with E-state index in [1.807, 2.05) is 63.2 Å². The Morgan fingerprint density at radius 3 is 2.46 bits per heavy atom. The molecule has 2 heterocycles. The fraction of sp³-hybridized carbons (Fsp3) is 0.543. The molecule has 3 aromatic rings. The number of amides is 1. The molecule has 0 spiro atoms. The van der Waals surface area contributed by atoms with Crippen LogP contribution in [0.5, 0.6) is 0 Å². The van der Waals surface area contributed by atoms with E-state index in [4.69, 9.17) is 18.9 Å². The molecule has 262 valence electrons. The van der Waals surface area contributed by atoms with Gasteiger partial charge in [0, 0.05) is 30.5 Å². The molecular formula is C35H48N4O8S. The van der Waals surface area contributed by atoms with Crippen LogP contribution in [0, 0.1) is 23.7 Å². The zero-order valence-corrected chi connectivity index (χ0v) is 29.1. The van der Waals surface area contributed by atoms with Gasteiger partial charge < -0.3 is 24.5 Å². The highest BCUT2D eigenvalue weighted by Crippen LogP contribution is 2.40. The van der Waals surface area contributed by atoms with E-state index in [2.05, 4.69) is 17.2 Å². The third kappa shape index (κ3) is 9.01. The number of hydrogen-bond acceptors (Lipinski definition) is 10. The minimum Gasteiger partial charge on any atom is -0.445 e. The molecule has 2 fully saturated rings. The lowest BCUT2D eigenvalue weighted by Gasteiger charge is -2.31. The zero-order chi connectivity index (χ0) is 34.4. The van der Waals surface area contributed by atoms with E-state index in [1.54, 1.807) is 18.3 Å². The van der Waals surface area contributed by atoms with Crippen molar-refractivity contribution in [1.82, 2.24) is 19.5 Å². The number of carbonyl (C=O) groups excluding carboxylic acids is 1. The maximum absolute atomic E-state index is 14.0. The van der Waals surface area contributed by atoms with Crippen molar-refractivity contribution in [1.29, 1.82) is 0 Å². The monoisotopic (exact) mass is 684 g/mol. The quantitative estimate of drug-likeness (QED) is 0.235. The zero-order valence-electron chi connectivity index (χ0n) is 28.3. The predicted molar refractivity (Wildman–Crippen MR) is 179 cm³/mol. The third-order valence-electron chi connectivity index (χ3n) is 8.97. The standard InChI is InChI=1S/C35H48N4O8S/c1-23(2)18-39(48(42,43)28-13-11-26(12-14-28)32-17-36-33(46-32)20-38(4)5)19-31(40)30(16-25-9-7-6-8-10-25)37-35(41)47-34-27-15-24(3)29(34)22-45-44-21-27/h6-14,17,23-24,27,29-31,34,40H,15-16,18-22H2,1-5H3,(H,37,41)/t24?,27?,29?,30-,31+,34?/m0/s1. The van der Waals surface area contributed by atoms with Crippen molar-refractivity contribution in [3.05, 3.63) is 72.2 Å². The van der Waals surface area contributed by atoms with Crippen LogP contribution < -0.4 is 5.32 Å². The lowest BCUT2D eigenvalue weighted by molar-refractivity contribution is -0.302. The minimum absolute atomic E-state index is 0.00274. The number of alkyl carbamates (subject to hydrolysis) is 1. The molecule has 1 saturated carbocycles. The fourth-order valence-electron chi connectivity index (χ4n) is 6.53. The van der Waals surface area contributed by atoms with E-state index in [0.717, 1.165) is 12.0 Å². The Morgan fingerprint density at radius 1 is 1.06 bits per heavy atom. The normalized spacial score (nSPS) is 22.5. The van der Waals surface area contributed by atoms with Gasteiger partial charge >= 0.3 is 6.09 Å². The van der Waals surface area contributed by atoms with Gasteiger partial charge in [-0.05, 0) is 68.6 Å². The fourth-order valence-corrected chi connectivity index (χ4v) is 8.15. The van der Waals surface area contributed by atoms with Gasteiger partial charge in [0.25, 0.3) is 0 Å². The summed E-state index contributed by atoms with van der Waals surface area (Å²) in [6, 6.07) is 15.0. The first-order chi connectivity index (χ1) is 22.9. The van der Waals surface area contributed by atoms with E-state index in [9.17, 15) is 18.3 Å². The second-order valence-electron chi connectivity index (χ2n) is 13.7. The predicted octanol–water partition coefficient (Wildman–Crippen LogP) is 4.35. The van der Waals surface area contributed by atoms with Gasteiger partial charge in [-0.2, -0.15) is 4.31 Å². The molecule has 1 saturated heterocycles. The lowest BCUT2D eigenvalue weighted by atomic mass is 9.97. The molecule has 1 aromatic heterocycles. The number of aromatic nitrogens is 1. The van der Waals surface area contributed by atoms with Crippen LogP contribution in [0.1, 0.15) is 38.6 Å². The highest BCUT2D eigenvalue weighted by Gasteiger charge is 2.46. The van der Waals surface area contributed by atoms with Crippen molar-refractivity contribution in [2.45, 2.75) is 63.3 Å². The Balaban J connectivity index is 1.33. The Bertz CT molecular complexity index is 1580. The number of sulfonamides is 1. The van der Waals surface area contributed by atoms with E-state index < -0.39 is 28.3 Å². The average molecular weight is 685 g/mol. The molecular weight excluding hydrogens is 636 g/mol. The van der Waals surface area contributed by atoms with Crippen molar-refractivity contribution < 1.29 is 37.2 Å². The van der Waals surface area contributed by atoms with Crippen LogP contribution in [0.15, 0.2) is 70.1 Å². The minimum atomic E-state index is -4.03. The largest absolute Gasteiger partial charge is 0.445 e. The molecule has 1 amide bonds. The second kappa shape index (κ2) is 15.9. The highest BCUT2D eigenvalue weighted by molar-refractivity contribution is 7.89. The number of benzene rings is 2. The maximum Gasteiger partial charge on any atom is 0.407 e. The van der Waals surface area contributed by atoms with Crippen molar-refractivity contribution in [3.63, 3.8) is 0 Å². The molecule has 2 aliphatic rings. The molecule has 6 atom stereocenters. The van der Waals surface area contributed by atoms with Gasteiger partial charge in [-0.25, -0.2) is 28.0 Å². The Kier molecular flexibility index (Phi) is 11.9. The van der Waals surface area contributed by atoms with Crippen LogP contribution in [-0.2, 0) is 37.5 Å². The number of rotatable bonds is 14. The van der Waals surface area contributed by atoms with Gasteiger partial charge in [0.2, 0.25) is 15.9 Å². The summed E-state index contributed by atoms with van der Waals surface area (Å²) in [5.74, 6) is 1.39. The number of aliphatic hydroxyl groups is 1. The molecule has 12 nitrogen and oxygen atoms in total. The molecule has 0 radical (unpaired) electrons. The smallest absolute Gasteiger partial charge is 0.407 e. The number of hydrogen-bond donors (Lipinski definition) is 2. The summed E-state index contributed by atoms with van der Waals surface area (Å²) in [5, 5.41) is 14.5. The van der Waals surface area contributed by atoms with Crippen LogP contribution >= 0.6 is 0 Å². The van der Waals surface area contributed by atoms with Crippen molar-refractivity contribution in [2.75, 3.05) is 40.4 Å². The number of carbonyl (C=O) groups is 1. The molecule has 5 rings (SSSR count). The van der Waals surface area contributed by atoms with Crippen LogP contribution in [0.2, 0.25) is 0 Å². The molecule has 1 aliphatic heterocycles. The van der Waals surface area contributed by atoms with Crippen LogP contribution in [0.25, 0.3) is 11.3 Å². The molecule has 2 aromatic carbocycles. The third-order valence-corrected chi connectivity index (χ3v) is 10.8. The number of ether oxygens (including phenoxy) is 1. The number of nitrogens with zero attached hydrogens (tertiary/aromatic N) is 3. The van der Waals surface area contributed by atoms with Gasteiger partial charge in [-0.1, -0.05) is 51.1 Å². The number of aliphatic hydroxyl groups excluding tert-OH is 1. The highest BCUT2D eigenvalue weighted by atomic mass is 32.2. The van der Waals surface area contributed by atoms with Gasteiger partial charge in [0.1, 0.15) is 6.10 Å². The summed E-state index contributed by atoms with van der Waals surface area (Å²) in [4.78, 5) is 30.2. The van der Waals surface area contributed by atoms with Crippen LogP contribution in [0.3, 0.4) is 0 Å². The van der Waals surface area contributed by atoms with Gasteiger partial charge in [0.15, 0.2) is 5.76 Å². The lowest BCUT2D eigenvalue weighted by Crippen LogP contribution is -2.52. The van der Waals surface area contributed by atoms with Crippen LogP contribution in [-0.4, -0.2) is 92.5 Å². The maximum atomic E-state index is 14.0. The van der Waals surface area contributed by atoms with Gasteiger partial charge in [0.05, 0.1) is 43.0 Å². The van der Waals surface area contributed by atoms with Crippen LogP contribution in [0.4, 0.5) is 4.79 Å². The van der Waals surface area contributed by atoms with Gasteiger partial charge in [-0.3, -0.25) is 0 Å². The molecule has 13 heteroatoms. The topological polar surface area (TPSA) is 144 Å². The Hall–Kier alpha value is -3.33. The van der Waals surface area contributed by atoms with Crippen molar-refractivity contribution in [2.24, 2.45) is 23.7 Å². The average Bonchev–Trinajstić information content (AvgIpc) is 3.54.